The molecule has 1 amide bonds. The minimum absolute atomic E-state index is 0. The SMILES string of the molecule is COC(CN)CC(=O)NC(Cc1ccccc1)CN(C)C.Cl.Cl. The number of nitrogens with two attached hydrogens (primary N) is 1. The number of nitrogens with one attached hydrogen (secondary N) is 1. The lowest BCUT2D eigenvalue weighted by molar-refractivity contribution is -0.124. The van der Waals surface area contributed by atoms with Gasteiger partial charge in [-0.2, -0.15) is 0 Å². The van der Waals surface area contributed by atoms with Gasteiger partial charge in [-0.1, -0.05) is 30.3 Å². The first-order valence-electron chi connectivity index (χ1n) is 7.26. The van der Waals surface area contributed by atoms with Gasteiger partial charge in [-0.25, -0.2) is 0 Å². The molecule has 0 saturated heterocycles. The van der Waals surface area contributed by atoms with E-state index < -0.39 is 0 Å². The maximum Gasteiger partial charge on any atom is 0.222 e. The molecule has 0 aliphatic rings. The molecule has 0 fully saturated rings. The molecule has 5 nitrogen and oxygen atoms in total. The largest absolute Gasteiger partial charge is 0.380 e. The van der Waals surface area contributed by atoms with E-state index in [1.807, 2.05) is 32.3 Å². The number of benzene rings is 1. The fourth-order valence-electron chi connectivity index (χ4n) is 2.26. The zero-order chi connectivity index (χ0) is 15.7. The van der Waals surface area contributed by atoms with Gasteiger partial charge in [0.05, 0.1) is 12.5 Å². The van der Waals surface area contributed by atoms with Crippen LogP contribution in [0.2, 0.25) is 0 Å². The average molecular weight is 366 g/mol. The summed E-state index contributed by atoms with van der Waals surface area (Å²) >= 11 is 0. The van der Waals surface area contributed by atoms with Gasteiger partial charge in [-0.05, 0) is 26.1 Å². The van der Waals surface area contributed by atoms with E-state index in [0.717, 1.165) is 13.0 Å². The summed E-state index contributed by atoms with van der Waals surface area (Å²) in [7, 11) is 5.58. The molecular weight excluding hydrogens is 337 g/mol. The van der Waals surface area contributed by atoms with Crippen LogP contribution in [0.4, 0.5) is 0 Å². The molecule has 0 radical (unpaired) electrons. The lowest BCUT2D eigenvalue weighted by Crippen LogP contribution is -2.44. The molecule has 0 saturated carbocycles. The van der Waals surface area contributed by atoms with Gasteiger partial charge in [-0.3, -0.25) is 4.79 Å². The zero-order valence-electron chi connectivity index (χ0n) is 14.0. The minimum Gasteiger partial charge on any atom is -0.380 e. The third-order valence-electron chi connectivity index (χ3n) is 3.28. The highest BCUT2D eigenvalue weighted by Crippen LogP contribution is 2.05. The van der Waals surface area contributed by atoms with Crippen LogP contribution >= 0.6 is 24.8 Å². The molecule has 2 unspecified atom stereocenters. The summed E-state index contributed by atoms with van der Waals surface area (Å²) in [6, 6.07) is 10.2. The first-order valence-corrected chi connectivity index (χ1v) is 7.26. The number of nitrogens with zero attached hydrogens (tertiary/aromatic N) is 1. The Morgan fingerprint density at radius 2 is 1.87 bits per heavy atom. The summed E-state index contributed by atoms with van der Waals surface area (Å²) in [5.74, 6) is -0.0184. The van der Waals surface area contributed by atoms with Crippen LogP contribution in [0.15, 0.2) is 30.3 Å². The predicted octanol–water partition coefficient (Wildman–Crippen LogP) is 1.48. The number of carbonyl (C=O) groups is 1. The lowest BCUT2D eigenvalue weighted by atomic mass is 10.1. The summed E-state index contributed by atoms with van der Waals surface area (Å²) in [5.41, 5.74) is 6.77. The summed E-state index contributed by atoms with van der Waals surface area (Å²) in [5, 5.41) is 3.08. The second-order valence-corrected chi connectivity index (χ2v) is 5.51. The van der Waals surface area contributed by atoms with Crippen molar-refractivity contribution >= 4 is 30.7 Å². The molecule has 1 rings (SSSR count). The maximum atomic E-state index is 12.1. The van der Waals surface area contributed by atoms with Crippen molar-refractivity contribution in [3.05, 3.63) is 35.9 Å². The summed E-state index contributed by atoms with van der Waals surface area (Å²) < 4.78 is 5.15. The molecule has 0 aliphatic carbocycles. The Kier molecular flexibility index (Phi) is 14.4. The molecule has 0 aliphatic heterocycles. The highest BCUT2D eigenvalue weighted by molar-refractivity contribution is 5.85. The molecule has 1 aromatic rings. The van der Waals surface area contributed by atoms with Gasteiger partial charge < -0.3 is 20.7 Å². The Bertz CT molecular complexity index is 415. The maximum absolute atomic E-state index is 12.1. The summed E-state index contributed by atoms with van der Waals surface area (Å²) in [6.45, 7) is 1.14. The Morgan fingerprint density at radius 3 is 2.35 bits per heavy atom. The van der Waals surface area contributed by atoms with E-state index in [-0.39, 0.29) is 42.9 Å². The third kappa shape index (κ3) is 10.5. The number of halogens is 2. The fraction of sp³-hybridized carbons (Fsp3) is 0.562. The van der Waals surface area contributed by atoms with E-state index in [9.17, 15) is 4.79 Å². The molecule has 3 N–H and O–H groups in total. The predicted molar refractivity (Wildman–Crippen MR) is 99.6 cm³/mol. The Hall–Kier alpha value is -0.850. The second kappa shape index (κ2) is 13.6. The van der Waals surface area contributed by atoms with E-state index in [0.29, 0.717) is 13.0 Å². The number of ether oxygens (including phenoxy) is 1. The molecule has 0 heterocycles. The van der Waals surface area contributed by atoms with Crippen LogP contribution in [0.1, 0.15) is 12.0 Å². The molecule has 2 atom stereocenters. The van der Waals surface area contributed by atoms with Crippen molar-refractivity contribution in [2.24, 2.45) is 5.73 Å². The Balaban J connectivity index is 0. The Labute approximate surface area is 151 Å². The number of hydrogen-bond acceptors (Lipinski definition) is 4. The van der Waals surface area contributed by atoms with Crippen LogP contribution in [0.5, 0.6) is 0 Å². The van der Waals surface area contributed by atoms with Gasteiger partial charge in [0.1, 0.15) is 0 Å². The van der Waals surface area contributed by atoms with Crippen molar-refractivity contribution in [2.45, 2.75) is 25.0 Å². The number of carbonyl (C=O) groups excluding carboxylic acids is 1. The van der Waals surface area contributed by atoms with Gasteiger partial charge in [-0.15, -0.1) is 24.8 Å². The highest BCUT2D eigenvalue weighted by atomic mass is 35.5. The topological polar surface area (TPSA) is 67.6 Å². The number of amides is 1. The van der Waals surface area contributed by atoms with Crippen molar-refractivity contribution < 1.29 is 9.53 Å². The van der Waals surface area contributed by atoms with E-state index in [1.54, 1.807) is 7.11 Å². The molecule has 0 bridgehead atoms. The van der Waals surface area contributed by atoms with E-state index in [4.69, 9.17) is 10.5 Å². The lowest BCUT2D eigenvalue weighted by Gasteiger charge is -2.23. The molecule has 1 aromatic carbocycles. The fourth-order valence-corrected chi connectivity index (χ4v) is 2.26. The second-order valence-electron chi connectivity index (χ2n) is 5.51. The van der Waals surface area contributed by atoms with Gasteiger partial charge in [0.25, 0.3) is 0 Å². The normalized spacial score (nSPS) is 12.7. The van der Waals surface area contributed by atoms with Crippen molar-refractivity contribution in [3.8, 4) is 0 Å². The number of rotatable bonds is 9. The molecular formula is C16H29Cl2N3O2. The standard InChI is InChI=1S/C16H27N3O2.2ClH/c1-19(2)12-14(9-13-7-5-4-6-8-13)18-16(20)10-15(11-17)21-3;;/h4-8,14-15H,9-12,17H2,1-3H3,(H,18,20);2*1H. The molecule has 23 heavy (non-hydrogen) atoms. The van der Waals surface area contributed by atoms with Gasteiger partial charge in [0.2, 0.25) is 5.91 Å². The van der Waals surface area contributed by atoms with Crippen LogP contribution in [0.3, 0.4) is 0 Å². The van der Waals surface area contributed by atoms with Crippen LogP contribution in [0, 0.1) is 0 Å². The average Bonchev–Trinajstić information content (AvgIpc) is 2.45. The minimum atomic E-state index is -0.221. The highest BCUT2D eigenvalue weighted by Gasteiger charge is 2.17. The quantitative estimate of drug-likeness (QED) is 0.695. The molecule has 0 aromatic heterocycles. The van der Waals surface area contributed by atoms with Crippen molar-refractivity contribution in [1.29, 1.82) is 0 Å². The summed E-state index contributed by atoms with van der Waals surface area (Å²) in [4.78, 5) is 14.2. The number of methoxy groups -OCH3 is 1. The molecule has 7 heteroatoms. The first kappa shape index (κ1) is 24.4. The first-order chi connectivity index (χ1) is 10.0. The monoisotopic (exact) mass is 365 g/mol. The number of hydrogen-bond donors (Lipinski definition) is 2. The van der Waals surface area contributed by atoms with Gasteiger partial charge in [0, 0.05) is 26.2 Å². The van der Waals surface area contributed by atoms with E-state index in [2.05, 4.69) is 22.3 Å². The van der Waals surface area contributed by atoms with Crippen LogP contribution < -0.4 is 11.1 Å². The van der Waals surface area contributed by atoms with E-state index >= 15 is 0 Å². The summed E-state index contributed by atoms with van der Waals surface area (Å²) in [6.07, 6.45) is 0.887. The smallest absolute Gasteiger partial charge is 0.222 e. The van der Waals surface area contributed by atoms with Crippen LogP contribution in [-0.2, 0) is 16.0 Å². The van der Waals surface area contributed by atoms with Crippen molar-refractivity contribution in [2.75, 3.05) is 34.3 Å². The molecule has 0 spiro atoms. The van der Waals surface area contributed by atoms with E-state index in [1.165, 1.54) is 5.56 Å². The van der Waals surface area contributed by atoms with Gasteiger partial charge in [0.15, 0.2) is 0 Å². The molecule has 134 valence electrons. The van der Waals surface area contributed by atoms with Crippen molar-refractivity contribution in [3.63, 3.8) is 0 Å². The van der Waals surface area contributed by atoms with Crippen LogP contribution in [-0.4, -0.2) is 57.2 Å². The van der Waals surface area contributed by atoms with Crippen molar-refractivity contribution in [1.82, 2.24) is 10.2 Å². The van der Waals surface area contributed by atoms with Crippen LogP contribution in [0.25, 0.3) is 0 Å². The van der Waals surface area contributed by atoms with Gasteiger partial charge >= 0.3 is 0 Å². The number of likely N-dealkylation sites (N-methyl/N-ethyl adjacent to an activating group) is 1. The zero-order valence-corrected chi connectivity index (χ0v) is 15.7. The third-order valence-corrected chi connectivity index (χ3v) is 3.28. The Morgan fingerprint density at radius 1 is 1.26 bits per heavy atom.